The second kappa shape index (κ2) is 8.04. The smallest absolute Gasteiger partial charge is 0.0961 e. The van der Waals surface area contributed by atoms with Gasteiger partial charge in [0.05, 0.1) is 12.7 Å². The second-order valence-electron chi connectivity index (χ2n) is 5.02. The Bertz CT molecular complexity index is 173. The molecule has 1 aliphatic heterocycles. The highest BCUT2D eigenvalue weighted by Crippen LogP contribution is 2.12. The lowest BCUT2D eigenvalue weighted by molar-refractivity contribution is -0.0708. The lowest BCUT2D eigenvalue weighted by Crippen LogP contribution is -2.48. The van der Waals surface area contributed by atoms with E-state index in [4.69, 9.17) is 9.47 Å². The summed E-state index contributed by atoms with van der Waals surface area (Å²) in [5.41, 5.74) is 0. The van der Waals surface area contributed by atoms with E-state index in [1.807, 2.05) is 0 Å². The molecule has 0 spiro atoms. The van der Waals surface area contributed by atoms with Crippen molar-refractivity contribution in [3.05, 3.63) is 0 Å². The zero-order valence-corrected chi connectivity index (χ0v) is 11.0. The van der Waals surface area contributed by atoms with Gasteiger partial charge in [0.25, 0.3) is 0 Å². The largest absolute Gasteiger partial charge is 0.379 e. The minimum absolute atomic E-state index is 0.249. The van der Waals surface area contributed by atoms with E-state index in [0.717, 1.165) is 39.2 Å². The molecule has 96 valence electrons. The molecule has 0 aliphatic carbocycles. The Balaban J connectivity index is 2.23. The molecule has 1 aliphatic rings. The summed E-state index contributed by atoms with van der Waals surface area (Å²) < 4.78 is 11.4. The van der Waals surface area contributed by atoms with Crippen LogP contribution < -0.4 is 5.32 Å². The number of rotatable bonds is 7. The Morgan fingerprint density at radius 2 is 2.25 bits per heavy atom. The molecule has 1 fully saturated rings. The van der Waals surface area contributed by atoms with E-state index in [-0.39, 0.29) is 6.10 Å². The van der Waals surface area contributed by atoms with Gasteiger partial charge in [0, 0.05) is 19.3 Å². The Hall–Kier alpha value is -0.120. The number of hydrogen-bond acceptors (Lipinski definition) is 3. The third-order valence-corrected chi connectivity index (χ3v) is 2.99. The Morgan fingerprint density at radius 1 is 1.44 bits per heavy atom. The van der Waals surface area contributed by atoms with Gasteiger partial charge in [0.1, 0.15) is 0 Å². The van der Waals surface area contributed by atoms with Crippen LogP contribution in [-0.2, 0) is 9.47 Å². The summed E-state index contributed by atoms with van der Waals surface area (Å²) >= 11 is 0. The summed E-state index contributed by atoms with van der Waals surface area (Å²) in [6, 6.07) is 0.487. The highest BCUT2D eigenvalue weighted by Gasteiger charge is 2.25. The van der Waals surface area contributed by atoms with Crippen LogP contribution in [0.3, 0.4) is 0 Å². The Labute approximate surface area is 99.9 Å². The standard InChI is InChI=1S/C13H27NO2/c1-4-7-14-12-6-8-15-10-13(12)16-9-5-11(2)3/h11-14H,4-10H2,1-3H3. The number of hydrogen-bond donors (Lipinski definition) is 1. The average Bonchev–Trinajstić information content (AvgIpc) is 2.27. The molecule has 3 nitrogen and oxygen atoms in total. The van der Waals surface area contributed by atoms with Gasteiger partial charge in [-0.1, -0.05) is 20.8 Å². The van der Waals surface area contributed by atoms with Crippen LogP contribution in [0.1, 0.15) is 40.0 Å². The average molecular weight is 229 g/mol. The van der Waals surface area contributed by atoms with Crippen molar-refractivity contribution >= 4 is 0 Å². The summed E-state index contributed by atoms with van der Waals surface area (Å²) in [6.45, 7) is 10.2. The quantitative estimate of drug-likeness (QED) is 0.726. The van der Waals surface area contributed by atoms with E-state index < -0.39 is 0 Å². The zero-order chi connectivity index (χ0) is 11.8. The lowest BCUT2D eigenvalue weighted by Gasteiger charge is -2.32. The molecular formula is C13H27NO2. The topological polar surface area (TPSA) is 30.5 Å². The van der Waals surface area contributed by atoms with Gasteiger partial charge in [-0.15, -0.1) is 0 Å². The van der Waals surface area contributed by atoms with Crippen LogP contribution in [0.5, 0.6) is 0 Å². The van der Waals surface area contributed by atoms with Gasteiger partial charge in [-0.05, 0) is 31.7 Å². The molecule has 0 radical (unpaired) electrons. The van der Waals surface area contributed by atoms with Crippen LogP contribution in [0.15, 0.2) is 0 Å². The van der Waals surface area contributed by atoms with Crippen molar-refractivity contribution in [2.24, 2.45) is 5.92 Å². The summed E-state index contributed by atoms with van der Waals surface area (Å²) in [4.78, 5) is 0. The number of nitrogens with one attached hydrogen (secondary N) is 1. The van der Waals surface area contributed by atoms with E-state index in [1.54, 1.807) is 0 Å². The van der Waals surface area contributed by atoms with Crippen molar-refractivity contribution in [1.82, 2.24) is 5.32 Å². The van der Waals surface area contributed by atoms with E-state index >= 15 is 0 Å². The van der Waals surface area contributed by atoms with E-state index in [1.165, 1.54) is 6.42 Å². The van der Waals surface area contributed by atoms with Gasteiger partial charge >= 0.3 is 0 Å². The third kappa shape index (κ3) is 5.28. The van der Waals surface area contributed by atoms with Crippen molar-refractivity contribution in [3.63, 3.8) is 0 Å². The van der Waals surface area contributed by atoms with E-state index in [9.17, 15) is 0 Å². The highest BCUT2D eigenvalue weighted by atomic mass is 16.5. The fourth-order valence-electron chi connectivity index (χ4n) is 1.89. The van der Waals surface area contributed by atoms with Gasteiger partial charge in [-0.2, -0.15) is 0 Å². The summed E-state index contributed by atoms with van der Waals surface area (Å²) in [7, 11) is 0. The SMILES string of the molecule is CCCNC1CCOCC1OCCC(C)C. The van der Waals surface area contributed by atoms with Crippen molar-refractivity contribution in [1.29, 1.82) is 0 Å². The Kier molecular flexibility index (Phi) is 7.01. The van der Waals surface area contributed by atoms with E-state index in [2.05, 4.69) is 26.1 Å². The van der Waals surface area contributed by atoms with Gasteiger partial charge in [0.15, 0.2) is 0 Å². The zero-order valence-electron chi connectivity index (χ0n) is 11.0. The maximum Gasteiger partial charge on any atom is 0.0961 e. The predicted molar refractivity (Wildman–Crippen MR) is 66.7 cm³/mol. The van der Waals surface area contributed by atoms with Gasteiger partial charge in [-0.25, -0.2) is 0 Å². The van der Waals surface area contributed by atoms with Crippen LogP contribution in [0.2, 0.25) is 0 Å². The maximum absolute atomic E-state index is 5.92. The monoisotopic (exact) mass is 229 g/mol. The van der Waals surface area contributed by atoms with Crippen molar-refractivity contribution < 1.29 is 9.47 Å². The second-order valence-corrected chi connectivity index (χ2v) is 5.02. The first-order valence-electron chi connectivity index (χ1n) is 6.66. The van der Waals surface area contributed by atoms with Gasteiger partial charge in [-0.3, -0.25) is 0 Å². The first-order chi connectivity index (χ1) is 7.74. The fourth-order valence-corrected chi connectivity index (χ4v) is 1.89. The minimum atomic E-state index is 0.249. The molecule has 16 heavy (non-hydrogen) atoms. The van der Waals surface area contributed by atoms with Crippen LogP contribution in [0, 0.1) is 5.92 Å². The van der Waals surface area contributed by atoms with Crippen molar-refractivity contribution in [2.75, 3.05) is 26.4 Å². The van der Waals surface area contributed by atoms with Crippen LogP contribution >= 0.6 is 0 Å². The molecule has 0 aromatic carbocycles. The highest BCUT2D eigenvalue weighted by molar-refractivity contribution is 4.80. The molecule has 0 aromatic rings. The van der Waals surface area contributed by atoms with E-state index in [0.29, 0.717) is 12.0 Å². The van der Waals surface area contributed by atoms with Gasteiger partial charge in [0.2, 0.25) is 0 Å². The van der Waals surface area contributed by atoms with Crippen LogP contribution in [0.4, 0.5) is 0 Å². The van der Waals surface area contributed by atoms with Crippen molar-refractivity contribution in [2.45, 2.75) is 52.2 Å². The molecule has 0 amide bonds. The van der Waals surface area contributed by atoms with Crippen LogP contribution in [0.25, 0.3) is 0 Å². The fraction of sp³-hybridized carbons (Fsp3) is 1.00. The molecule has 1 heterocycles. The molecular weight excluding hydrogens is 202 g/mol. The minimum Gasteiger partial charge on any atom is -0.379 e. The molecule has 1 saturated heterocycles. The Morgan fingerprint density at radius 3 is 2.94 bits per heavy atom. The molecule has 3 heteroatoms. The summed E-state index contributed by atoms with van der Waals surface area (Å²) in [5.74, 6) is 0.714. The summed E-state index contributed by atoms with van der Waals surface area (Å²) in [5, 5.41) is 3.55. The predicted octanol–water partition coefficient (Wildman–Crippen LogP) is 2.21. The van der Waals surface area contributed by atoms with Crippen LogP contribution in [-0.4, -0.2) is 38.5 Å². The summed E-state index contributed by atoms with van der Waals surface area (Å²) in [6.07, 6.45) is 3.64. The maximum atomic E-state index is 5.92. The molecule has 0 saturated carbocycles. The molecule has 2 atom stereocenters. The molecule has 1 rings (SSSR count). The normalized spacial score (nSPS) is 26.2. The molecule has 0 bridgehead atoms. The number of ether oxygens (including phenoxy) is 2. The first kappa shape index (κ1) is 13.9. The lowest BCUT2D eigenvalue weighted by atomic mass is 10.1. The molecule has 1 N–H and O–H groups in total. The first-order valence-corrected chi connectivity index (χ1v) is 6.66. The molecule has 0 aromatic heterocycles. The van der Waals surface area contributed by atoms with Crippen molar-refractivity contribution in [3.8, 4) is 0 Å². The van der Waals surface area contributed by atoms with Gasteiger partial charge < -0.3 is 14.8 Å². The third-order valence-electron chi connectivity index (χ3n) is 2.99. The molecule has 2 unspecified atom stereocenters.